The van der Waals surface area contributed by atoms with Gasteiger partial charge in [0.05, 0.1) is 21.3 Å². The molecule has 6 heteroatoms. The summed E-state index contributed by atoms with van der Waals surface area (Å²) in [5.74, 6) is 1.07. The molecule has 0 radical (unpaired) electrons. The third-order valence-corrected chi connectivity index (χ3v) is 3.54. The molecule has 3 aromatic rings. The summed E-state index contributed by atoms with van der Waals surface area (Å²) in [6, 6.07) is 13.0. The molecule has 0 fully saturated rings. The van der Waals surface area contributed by atoms with Crippen molar-refractivity contribution in [1.82, 2.24) is 15.2 Å². The van der Waals surface area contributed by atoms with Crippen LogP contribution in [-0.4, -0.2) is 15.2 Å². The monoisotopic (exact) mass is 304 g/mol. The number of hydrogen-bond donors (Lipinski definition) is 2. The van der Waals surface area contributed by atoms with E-state index in [2.05, 4.69) is 15.2 Å². The molecule has 0 saturated carbocycles. The molecule has 20 heavy (non-hydrogen) atoms. The zero-order chi connectivity index (χ0) is 14.1. The number of nitrogen functional groups attached to an aromatic ring is 1. The zero-order valence-corrected chi connectivity index (χ0v) is 11.8. The molecule has 0 spiro atoms. The van der Waals surface area contributed by atoms with Gasteiger partial charge in [0.2, 0.25) is 0 Å². The van der Waals surface area contributed by atoms with Crippen molar-refractivity contribution >= 4 is 28.9 Å². The van der Waals surface area contributed by atoms with Gasteiger partial charge in [-0.15, -0.1) is 0 Å². The molecule has 0 aliphatic rings. The molecular formula is C14H10Cl2N4. The number of aromatic amines is 1. The smallest absolute Gasteiger partial charge is 0.181 e. The van der Waals surface area contributed by atoms with Crippen molar-refractivity contribution in [2.24, 2.45) is 0 Å². The number of halogens is 2. The van der Waals surface area contributed by atoms with Gasteiger partial charge in [0, 0.05) is 5.56 Å². The third kappa shape index (κ3) is 2.24. The third-order valence-electron chi connectivity index (χ3n) is 2.90. The molecule has 0 atom stereocenters. The summed E-state index contributed by atoms with van der Waals surface area (Å²) in [5, 5.41) is 7.93. The van der Waals surface area contributed by atoms with Crippen molar-refractivity contribution in [2.45, 2.75) is 0 Å². The Labute approximate surface area is 125 Å². The van der Waals surface area contributed by atoms with Crippen molar-refractivity contribution in [3.05, 3.63) is 52.5 Å². The molecule has 0 saturated heterocycles. The summed E-state index contributed by atoms with van der Waals surface area (Å²) in [4.78, 5) is 4.42. The lowest BCUT2D eigenvalue weighted by Gasteiger charge is -2.06. The minimum absolute atomic E-state index is 0.384. The number of nitrogens with two attached hydrogens (primary N) is 1. The highest BCUT2D eigenvalue weighted by Gasteiger charge is 2.15. The molecule has 1 heterocycles. The van der Waals surface area contributed by atoms with E-state index in [1.54, 1.807) is 12.1 Å². The minimum atomic E-state index is 0.384. The van der Waals surface area contributed by atoms with E-state index in [-0.39, 0.29) is 0 Å². The zero-order valence-electron chi connectivity index (χ0n) is 10.3. The Bertz CT molecular complexity index is 753. The minimum Gasteiger partial charge on any atom is -0.397 e. The first-order valence-electron chi connectivity index (χ1n) is 5.88. The average molecular weight is 305 g/mol. The van der Waals surface area contributed by atoms with Gasteiger partial charge in [-0.1, -0.05) is 53.5 Å². The van der Waals surface area contributed by atoms with Crippen molar-refractivity contribution in [1.29, 1.82) is 0 Å². The maximum absolute atomic E-state index is 6.16. The first-order valence-corrected chi connectivity index (χ1v) is 6.64. The van der Waals surface area contributed by atoms with Crippen molar-refractivity contribution in [3.8, 4) is 22.8 Å². The number of nitrogens with one attached hydrogen (secondary N) is 1. The normalized spacial score (nSPS) is 10.7. The molecule has 1 aromatic heterocycles. The molecular weight excluding hydrogens is 295 g/mol. The Morgan fingerprint density at radius 1 is 0.950 bits per heavy atom. The molecule has 4 nitrogen and oxygen atoms in total. The fourth-order valence-electron chi connectivity index (χ4n) is 1.90. The van der Waals surface area contributed by atoms with E-state index >= 15 is 0 Å². The van der Waals surface area contributed by atoms with E-state index in [1.807, 2.05) is 30.3 Å². The Morgan fingerprint density at radius 2 is 1.65 bits per heavy atom. The van der Waals surface area contributed by atoms with Gasteiger partial charge in [-0.25, -0.2) is 4.98 Å². The number of aromatic nitrogens is 3. The highest BCUT2D eigenvalue weighted by atomic mass is 35.5. The second kappa shape index (κ2) is 5.15. The maximum Gasteiger partial charge on any atom is 0.181 e. The molecule has 100 valence electrons. The maximum atomic E-state index is 6.16. The van der Waals surface area contributed by atoms with Crippen molar-refractivity contribution in [3.63, 3.8) is 0 Å². The standard InChI is InChI=1S/C14H10Cl2N4/c15-9-6-7-10(16)12(17)11(9)14-18-13(19-20-14)8-4-2-1-3-5-8/h1-7H,17H2,(H,18,19,20). The summed E-state index contributed by atoms with van der Waals surface area (Å²) in [7, 11) is 0. The number of hydrogen-bond acceptors (Lipinski definition) is 3. The van der Waals surface area contributed by atoms with Gasteiger partial charge in [-0.2, -0.15) is 5.10 Å². The molecule has 3 rings (SSSR count). The molecule has 0 aliphatic carbocycles. The largest absolute Gasteiger partial charge is 0.397 e. The number of rotatable bonds is 2. The average Bonchev–Trinajstić information content (AvgIpc) is 2.94. The van der Waals surface area contributed by atoms with Crippen LogP contribution in [0.2, 0.25) is 10.0 Å². The fraction of sp³-hybridized carbons (Fsp3) is 0. The Balaban J connectivity index is 2.10. The van der Waals surface area contributed by atoms with E-state index < -0.39 is 0 Å². The highest BCUT2D eigenvalue weighted by molar-refractivity contribution is 6.37. The predicted octanol–water partition coefficient (Wildman–Crippen LogP) is 4.03. The van der Waals surface area contributed by atoms with Gasteiger partial charge in [-0.05, 0) is 12.1 Å². The predicted molar refractivity (Wildman–Crippen MR) is 81.7 cm³/mol. The Morgan fingerprint density at radius 3 is 2.40 bits per heavy atom. The van der Waals surface area contributed by atoms with Crippen molar-refractivity contribution in [2.75, 3.05) is 5.73 Å². The van der Waals surface area contributed by atoms with Crippen LogP contribution in [0.3, 0.4) is 0 Å². The van der Waals surface area contributed by atoms with Gasteiger partial charge < -0.3 is 5.73 Å². The number of benzene rings is 2. The lowest BCUT2D eigenvalue weighted by Crippen LogP contribution is -1.94. The van der Waals surface area contributed by atoms with Crippen LogP contribution in [-0.2, 0) is 0 Å². The van der Waals surface area contributed by atoms with Crippen molar-refractivity contribution < 1.29 is 0 Å². The van der Waals surface area contributed by atoms with Gasteiger partial charge in [0.25, 0.3) is 0 Å². The summed E-state index contributed by atoms with van der Waals surface area (Å²) < 4.78 is 0. The van der Waals surface area contributed by atoms with Gasteiger partial charge >= 0.3 is 0 Å². The summed E-state index contributed by atoms with van der Waals surface area (Å²) in [6.07, 6.45) is 0. The van der Waals surface area contributed by atoms with E-state index in [9.17, 15) is 0 Å². The summed E-state index contributed by atoms with van der Waals surface area (Å²) >= 11 is 12.2. The highest BCUT2D eigenvalue weighted by Crippen LogP contribution is 2.36. The van der Waals surface area contributed by atoms with Crippen LogP contribution >= 0.6 is 23.2 Å². The van der Waals surface area contributed by atoms with E-state index in [4.69, 9.17) is 28.9 Å². The summed E-state index contributed by atoms with van der Waals surface area (Å²) in [6.45, 7) is 0. The van der Waals surface area contributed by atoms with Gasteiger partial charge in [-0.3, -0.25) is 5.10 Å². The second-order valence-corrected chi connectivity index (χ2v) is 5.01. The van der Waals surface area contributed by atoms with Gasteiger partial charge in [0.15, 0.2) is 11.6 Å². The molecule has 0 amide bonds. The van der Waals surface area contributed by atoms with Crippen LogP contribution < -0.4 is 5.73 Å². The molecule has 0 unspecified atom stereocenters. The second-order valence-electron chi connectivity index (χ2n) is 4.19. The SMILES string of the molecule is Nc1c(Cl)ccc(Cl)c1-c1nc(-c2ccccc2)n[nH]1. The van der Waals surface area contributed by atoms with Crippen LogP contribution in [0.25, 0.3) is 22.8 Å². The quantitative estimate of drug-likeness (QED) is 0.702. The van der Waals surface area contributed by atoms with E-state index in [0.717, 1.165) is 5.56 Å². The van der Waals surface area contributed by atoms with Crippen LogP contribution in [0.4, 0.5) is 5.69 Å². The number of nitrogens with zero attached hydrogens (tertiary/aromatic N) is 2. The molecule has 3 N–H and O–H groups in total. The van der Waals surface area contributed by atoms with Crippen LogP contribution in [0, 0.1) is 0 Å². The lowest BCUT2D eigenvalue weighted by molar-refractivity contribution is 1.10. The fourth-order valence-corrected chi connectivity index (χ4v) is 2.31. The summed E-state index contributed by atoms with van der Waals surface area (Å²) in [5.41, 5.74) is 7.82. The Hall–Kier alpha value is -2.04. The van der Waals surface area contributed by atoms with Gasteiger partial charge in [0.1, 0.15) is 0 Å². The first kappa shape index (κ1) is 13.0. The lowest BCUT2D eigenvalue weighted by atomic mass is 10.1. The first-order chi connectivity index (χ1) is 9.66. The number of H-pyrrole nitrogens is 1. The molecule has 2 aromatic carbocycles. The van der Waals surface area contributed by atoms with E-state index in [1.165, 1.54) is 0 Å². The van der Waals surface area contributed by atoms with E-state index in [0.29, 0.717) is 32.9 Å². The van der Waals surface area contributed by atoms with Crippen LogP contribution in [0.1, 0.15) is 0 Å². The van der Waals surface area contributed by atoms with Crippen LogP contribution in [0.15, 0.2) is 42.5 Å². The van der Waals surface area contributed by atoms with Crippen LogP contribution in [0.5, 0.6) is 0 Å². The number of anilines is 1. The Kier molecular flexibility index (Phi) is 3.34. The topological polar surface area (TPSA) is 67.6 Å². The molecule has 0 aliphatic heterocycles. The molecule has 0 bridgehead atoms.